The van der Waals surface area contributed by atoms with Crippen molar-refractivity contribution in [2.45, 2.75) is 0 Å². The van der Waals surface area contributed by atoms with Crippen molar-refractivity contribution in [3.63, 3.8) is 0 Å². The van der Waals surface area contributed by atoms with Crippen LogP contribution in [0.25, 0.3) is 0 Å². The van der Waals surface area contributed by atoms with E-state index in [0.717, 1.165) is 0 Å². The van der Waals surface area contributed by atoms with Gasteiger partial charge in [0.05, 0.1) is 0 Å². The quantitative estimate of drug-likeness (QED) is 0.317. The Hall–Kier alpha value is -1.63. The van der Waals surface area contributed by atoms with Crippen LogP contribution in [0.15, 0.2) is 16.5 Å². The molecule has 0 spiro atoms. The third-order valence-electron chi connectivity index (χ3n) is 0.704. The Morgan fingerprint density at radius 1 is 1.42 bits per heavy atom. The van der Waals surface area contributed by atoms with Crippen LogP contribution in [0.4, 0.5) is 0 Å². The Bertz CT molecular complexity index is 243. The van der Waals surface area contributed by atoms with Crippen LogP contribution in [0.5, 0.6) is 0 Å². The van der Waals surface area contributed by atoms with Gasteiger partial charge in [0.2, 0.25) is 17.8 Å². The van der Waals surface area contributed by atoms with Crippen molar-refractivity contribution in [2.75, 3.05) is 0 Å². The van der Waals surface area contributed by atoms with E-state index in [9.17, 15) is 0 Å². The number of nitrogens with zero attached hydrogens (tertiary/aromatic N) is 1. The number of nitrogens with one attached hydrogen (secondary N) is 3. The van der Waals surface area contributed by atoms with Gasteiger partial charge in [-0.1, -0.05) is 0 Å². The van der Waals surface area contributed by atoms with E-state index in [-0.39, 0.29) is 17.8 Å². The minimum atomic E-state index is -0.306. The van der Waals surface area contributed by atoms with Crippen molar-refractivity contribution in [3.05, 3.63) is 12.2 Å². The fourth-order valence-corrected chi connectivity index (χ4v) is 0.338. The Labute approximate surface area is 74.1 Å². The number of rotatable bonds is 0. The third kappa shape index (κ3) is 5.18. The van der Waals surface area contributed by atoms with Gasteiger partial charge in [-0.3, -0.25) is 16.2 Å². The van der Waals surface area contributed by atoms with Crippen LogP contribution in [-0.4, -0.2) is 17.8 Å². The molecule has 1 aliphatic rings. The molecular weight excluding hydrogens is 178 g/mol. The molecule has 0 aliphatic carbocycles. The van der Waals surface area contributed by atoms with E-state index in [1.54, 1.807) is 0 Å². The maximum Gasteiger partial charge on any atom is 0.224 e. The van der Waals surface area contributed by atoms with Gasteiger partial charge in [-0.2, -0.15) is 0 Å². The molecule has 12 heavy (non-hydrogen) atoms. The van der Waals surface area contributed by atoms with E-state index in [0.29, 0.717) is 0 Å². The highest BCUT2D eigenvalue weighted by atomic mass is 32.1. The van der Waals surface area contributed by atoms with Crippen LogP contribution >= 0.6 is 0 Å². The number of hydrogen-bond acceptors (Lipinski definition) is 5. The molecule has 0 atom stereocenters. The SMILES string of the molecule is N=C(N)N=S.N=C1C=CC(=N)O1. The van der Waals surface area contributed by atoms with E-state index >= 15 is 0 Å². The van der Waals surface area contributed by atoms with E-state index < -0.39 is 0 Å². The number of guanidine groups is 1. The number of nitrogens with two attached hydrogens (primary N) is 1. The summed E-state index contributed by atoms with van der Waals surface area (Å²) in [7, 11) is 0. The monoisotopic (exact) mass is 185 g/mol. The lowest BCUT2D eigenvalue weighted by Crippen LogP contribution is -2.02. The Morgan fingerprint density at radius 2 is 1.75 bits per heavy atom. The summed E-state index contributed by atoms with van der Waals surface area (Å²) in [5.41, 5.74) is 4.60. The highest BCUT2D eigenvalue weighted by Crippen LogP contribution is 1.93. The molecule has 1 heterocycles. The Morgan fingerprint density at radius 3 is 1.83 bits per heavy atom. The summed E-state index contributed by atoms with van der Waals surface area (Å²) in [6.07, 6.45) is 2.87. The molecular formula is C5H7N5OS. The average Bonchev–Trinajstić information content (AvgIpc) is 2.36. The number of ether oxygens (including phenoxy) is 1. The maximum atomic E-state index is 6.73. The van der Waals surface area contributed by atoms with Crippen molar-refractivity contribution in [2.24, 2.45) is 10.1 Å². The minimum absolute atomic E-state index is 0.0463. The zero-order valence-corrected chi connectivity index (χ0v) is 6.81. The summed E-state index contributed by atoms with van der Waals surface area (Å²) in [6.45, 7) is 0. The lowest BCUT2D eigenvalue weighted by atomic mass is 10.5. The first-order valence-corrected chi connectivity index (χ1v) is 3.13. The highest BCUT2D eigenvalue weighted by molar-refractivity contribution is 7.47. The normalized spacial score (nSPS) is 13.0. The highest BCUT2D eigenvalue weighted by Gasteiger charge is 2.02. The predicted molar refractivity (Wildman–Crippen MR) is 47.4 cm³/mol. The molecule has 0 aromatic rings. The molecule has 1 aliphatic heterocycles. The molecule has 1 rings (SSSR count). The summed E-state index contributed by atoms with van der Waals surface area (Å²) in [5, 5.41) is 19.7. The molecule has 0 aromatic carbocycles. The summed E-state index contributed by atoms with van der Waals surface area (Å²) in [4.78, 5) is 0. The molecule has 0 saturated carbocycles. The molecule has 0 radical (unpaired) electrons. The van der Waals surface area contributed by atoms with Crippen LogP contribution in [0.2, 0.25) is 0 Å². The smallest absolute Gasteiger partial charge is 0.224 e. The van der Waals surface area contributed by atoms with Crippen molar-refractivity contribution >= 4 is 30.2 Å². The molecule has 0 saturated heterocycles. The lowest BCUT2D eigenvalue weighted by Gasteiger charge is -1.87. The zero-order chi connectivity index (χ0) is 9.56. The van der Waals surface area contributed by atoms with Crippen molar-refractivity contribution in [1.29, 1.82) is 16.2 Å². The van der Waals surface area contributed by atoms with Gasteiger partial charge in [0, 0.05) is 24.6 Å². The first kappa shape index (κ1) is 10.4. The maximum absolute atomic E-state index is 6.73. The second-order valence-corrected chi connectivity index (χ2v) is 1.82. The zero-order valence-electron chi connectivity index (χ0n) is 6.00. The van der Waals surface area contributed by atoms with Gasteiger partial charge in [-0.15, -0.1) is 4.36 Å². The second kappa shape index (κ2) is 5.08. The first-order chi connectivity index (χ1) is 5.56. The van der Waals surface area contributed by atoms with Crippen LogP contribution in [0.3, 0.4) is 0 Å². The standard InChI is InChI=1S/C4H4N2O.CH3N3S/c5-3-1-2-4(6)7-3;2-1(3)4-5/h1-2,5-6H;(H3,2,3). The molecule has 0 unspecified atom stereocenters. The van der Waals surface area contributed by atoms with Crippen LogP contribution in [-0.2, 0) is 17.2 Å². The second-order valence-electron chi connectivity index (χ2n) is 1.64. The van der Waals surface area contributed by atoms with E-state index in [2.05, 4.69) is 27.3 Å². The summed E-state index contributed by atoms with van der Waals surface area (Å²) in [5.74, 6) is -0.213. The molecule has 0 aromatic heterocycles. The molecule has 0 amide bonds. The van der Waals surface area contributed by atoms with Crippen molar-refractivity contribution in [1.82, 2.24) is 0 Å². The summed E-state index contributed by atoms with van der Waals surface area (Å²) >= 11 is 3.95. The van der Waals surface area contributed by atoms with Gasteiger partial charge in [0.25, 0.3) is 0 Å². The van der Waals surface area contributed by atoms with E-state index in [4.69, 9.17) is 16.2 Å². The largest absolute Gasteiger partial charge is 0.422 e. The first-order valence-electron chi connectivity index (χ1n) is 2.76. The van der Waals surface area contributed by atoms with Gasteiger partial charge in [-0.25, -0.2) is 0 Å². The summed E-state index contributed by atoms with van der Waals surface area (Å²) < 4.78 is 7.25. The van der Waals surface area contributed by atoms with Crippen molar-refractivity contribution in [3.8, 4) is 0 Å². The van der Waals surface area contributed by atoms with Gasteiger partial charge in [0.15, 0.2) is 0 Å². The van der Waals surface area contributed by atoms with Crippen LogP contribution in [0.1, 0.15) is 0 Å². The molecule has 64 valence electrons. The summed E-state index contributed by atoms with van der Waals surface area (Å²) in [6, 6.07) is 0. The fourth-order valence-electron chi connectivity index (χ4n) is 0.338. The predicted octanol–water partition coefficient (Wildman–Crippen LogP) is 0.138. The Kier molecular flexibility index (Phi) is 4.39. The van der Waals surface area contributed by atoms with Gasteiger partial charge >= 0.3 is 0 Å². The van der Waals surface area contributed by atoms with Gasteiger partial charge < -0.3 is 10.5 Å². The third-order valence-corrected chi connectivity index (χ3v) is 0.901. The lowest BCUT2D eigenvalue weighted by molar-refractivity contribution is 0.555. The molecule has 5 N–H and O–H groups in total. The molecule has 7 heteroatoms. The van der Waals surface area contributed by atoms with Crippen molar-refractivity contribution < 1.29 is 4.74 Å². The minimum Gasteiger partial charge on any atom is -0.422 e. The fraction of sp³-hybridized carbons (Fsp3) is 0. The van der Waals surface area contributed by atoms with Crippen LogP contribution in [0, 0.1) is 16.2 Å². The molecule has 6 nitrogen and oxygen atoms in total. The molecule has 0 fully saturated rings. The average molecular weight is 185 g/mol. The molecule has 0 bridgehead atoms. The topological polar surface area (TPSA) is 119 Å². The van der Waals surface area contributed by atoms with E-state index in [1.165, 1.54) is 12.2 Å². The number of hydrogen-bond donors (Lipinski definition) is 4. The van der Waals surface area contributed by atoms with Crippen LogP contribution < -0.4 is 5.73 Å². The van der Waals surface area contributed by atoms with Gasteiger partial charge in [0.1, 0.15) is 0 Å². The Balaban J connectivity index is 0.000000217. The van der Waals surface area contributed by atoms with E-state index in [1.807, 2.05) is 0 Å². The van der Waals surface area contributed by atoms with Gasteiger partial charge in [-0.05, 0) is 0 Å².